The van der Waals surface area contributed by atoms with Crippen LogP contribution in [0, 0.1) is 0 Å². The molecule has 0 radical (unpaired) electrons. The lowest BCUT2D eigenvalue weighted by molar-refractivity contribution is 1.42. The highest BCUT2D eigenvalue weighted by Gasteiger charge is 1.96. The van der Waals surface area contributed by atoms with Crippen LogP contribution in [-0.2, 0) is 5.33 Å². The zero-order valence-electron chi connectivity index (χ0n) is 5.27. The number of hydrogen-bond acceptors (Lipinski definition) is 1. The zero-order chi connectivity index (χ0) is 7.56. The molecule has 0 fully saturated rings. The van der Waals surface area contributed by atoms with Gasteiger partial charge < -0.3 is 5.73 Å². The molecule has 0 aliphatic heterocycles. The number of rotatable bonds is 1. The number of nitrogen functional groups attached to an aromatic ring is 1. The predicted octanol–water partition coefficient (Wildman–Crippen LogP) is 2.93. The molecular formula is C7H7Br2N. The smallest absolute Gasteiger partial charge is 0.0355 e. The summed E-state index contributed by atoms with van der Waals surface area (Å²) in [5.74, 6) is 0. The van der Waals surface area contributed by atoms with Gasteiger partial charge in [0.2, 0.25) is 0 Å². The van der Waals surface area contributed by atoms with Crippen LogP contribution < -0.4 is 5.73 Å². The number of hydrogen-bond donors (Lipinski definition) is 1. The summed E-state index contributed by atoms with van der Waals surface area (Å²) in [7, 11) is 0. The SMILES string of the molecule is Nc1ccc(Br)cc1CBr. The molecule has 0 atom stereocenters. The molecule has 0 aliphatic carbocycles. The van der Waals surface area contributed by atoms with Gasteiger partial charge in [0.1, 0.15) is 0 Å². The first-order valence-electron chi connectivity index (χ1n) is 2.84. The van der Waals surface area contributed by atoms with E-state index in [0.29, 0.717) is 0 Å². The summed E-state index contributed by atoms with van der Waals surface area (Å²) < 4.78 is 1.07. The first-order chi connectivity index (χ1) is 4.74. The highest BCUT2D eigenvalue weighted by molar-refractivity contribution is 9.10. The Balaban J connectivity index is 3.09. The van der Waals surface area contributed by atoms with Gasteiger partial charge in [-0.25, -0.2) is 0 Å². The van der Waals surface area contributed by atoms with Gasteiger partial charge in [0.05, 0.1) is 0 Å². The van der Waals surface area contributed by atoms with Gasteiger partial charge in [-0.2, -0.15) is 0 Å². The fraction of sp³-hybridized carbons (Fsp3) is 0.143. The van der Waals surface area contributed by atoms with Gasteiger partial charge in [0.25, 0.3) is 0 Å². The van der Waals surface area contributed by atoms with E-state index in [9.17, 15) is 0 Å². The molecule has 0 saturated heterocycles. The van der Waals surface area contributed by atoms with E-state index in [-0.39, 0.29) is 0 Å². The Bertz CT molecular complexity index is 235. The van der Waals surface area contributed by atoms with E-state index >= 15 is 0 Å². The summed E-state index contributed by atoms with van der Waals surface area (Å²) in [6.45, 7) is 0. The maximum Gasteiger partial charge on any atom is 0.0355 e. The van der Waals surface area contributed by atoms with Crippen LogP contribution in [0.1, 0.15) is 5.56 Å². The summed E-state index contributed by atoms with van der Waals surface area (Å²) in [5.41, 5.74) is 7.60. The molecule has 0 bridgehead atoms. The molecule has 10 heavy (non-hydrogen) atoms. The van der Waals surface area contributed by atoms with Crippen molar-refractivity contribution < 1.29 is 0 Å². The molecule has 0 saturated carbocycles. The Morgan fingerprint density at radius 1 is 1.40 bits per heavy atom. The Hall–Kier alpha value is -0.0200. The zero-order valence-corrected chi connectivity index (χ0v) is 8.44. The number of halogens is 2. The van der Waals surface area contributed by atoms with Crippen molar-refractivity contribution in [3.63, 3.8) is 0 Å². The molecule has 0 amide bonds. The fourth-order valence-electron chi connectivity index (χ4n) is 0.690. The second-order valence-corrected chi connectivity index (χ2v) is 3.45. The summed E-state index contributed by atoms with van der Waals surface area (Å²) >= 11 is 6.70. The van der Waals surface area contributed by atoms with E-state index in [1.165, 1.54) is 0 Å². The highest BCUT2D eigenvalue weighted by Crippen LogP contribution is 2.20. The summed E-state index contributed by atoms with van der Waals surface area (Å²) in [6.07, 6.45) is 0. The van der Waals surface area contributed by atoms with E-state index in [4.69, 9.17) is 5.73 Å². The van der Waals surface area contributed by atoms with Gasteiger partial charge in [-0.15, -0.1) is 0 Å². The average molecular weight is 265 g/mol. The van der Waals surface area contributed by atoms with Crippen molar-refractivity contribution in [2.24, 2.45) is 0 Å². The van der Waals surface area contributed by atoms with Crippen molar-refractivity contribution in [3.05, 3.63) is 28.2 Å². The molecule has 0 heterocycles. The monoisotopic (exact) mass is 263 g/mol. The van der Waals surface area contributed by atoms with E-state index in [0.717, 1.165) is 21.1 Å². The molecule has 0 aliphatic rings. The molecule has 0 spiro atoms. The Morgan fingerprint density at radius 3 is 2.60 bits per heavy atom. The average Bonchev–Trinajstić information content (AvgIpc) is 1.94. The molecule has 1 aromatic rings. The number of anilines is 1. The number of nitrogens with two attached hydrogens (primary N) is 1. The van der Waals surface area contributed by atoms with Crippen LogP contribution in [-0.4, -0.2) is 0 Å². The molecular weight excluding hydrogens is 258 g/mol. The summed E-state index contributed by atoms with van der Waals surface area (Å²) in [4.78, 5) is 0. The minimum Gasteiger partial charge on any atom is -0.398 e. The molecule has 54 valence electrons. The van der Waals surface area contributed by atoms with E-state index in [1.54, 1.807) is 0 Å². The molecule has 1 aromatic carbocycles. The third-order valence-electron chi connectivity index (χ3n) is 1.25. The van der Waals surface area contributed by atoms with E-state index in [2.05, 4.69) is 31.9 Å². The summed E-state index contributed by atoms with van der Waals surface area (Å²) in [6, 6.07) is 5.83. The lowest BCUT2D eigenvalue weighted by Gasteiger charge is -2.00. The molecule has 1 rings (SSSR count). The maximum absolute atomic E-state index is 5.65. The molecule has 2 N–H and O–H groups in total. The van der Waals surface area contributed by atoms with Crippen molar-refractivity contribution in [1.82, 2.24) is 0 Å². The normalized spacial score (nSPS) is 9.80. The number of alkyl halides is 1. The maximum atomic E-state index is 5.65. The van der Waals surface area contributed by atoms with Crippen LogP contribution in [0.15, 0.2) is 22.7 Å². The van der Waals surface area contributed by atoms with Gasteiger partial charge >= 0.3 is 0 Å². The van der Waals surface area contributed by atoms with Crippen molar-refractivity contribution in [3.8, 4) is 0 Å². The molecule has 1 nitrogen and oxygen atoms in total. The minimum atomic E-state index is 0.804. The van der Waals surface area contributed by atoms with Crippen LogP contribution in [0.3, 0.4) is 0 Å². The van der Waals surface area contributed by atoms with Crippen LogP contribution in [0.25, 0.3) is 0 Å². The van der Waals surface area contributed by atoms with E-state index < -0.39 is 0 Å². The summed E-state index contributed by atoms with van der Waals surface area (Å²) in [5, 5.41) is 0.804. The Morgan fingerprint density at radius 2 is 2.10 bits per heavy atom. The first kappa shape index (κ1) is 8.08. The van der Waals surface area contributed by atoms with Gasteiger partial charge in [0.15, 0.2) is 0 Å². The second kappa shape index (κ2) is 3.39. The number of benzene rings is 1. The Labute approximate surface area is 76.9 Å². The van der Waals surface area contributed by atoms with Gasteiger partial charge in [-0.3, -0.25) is 0 Å². The molecule has 0 aromatic heterocycles. The Kier molecular flexibility index (Phi) is 2.74. The second-order valence-electron chi connectivity index (χ2n) is 1.98. The van der Waals surface area contributed by atoms with E-state index in [1.807, 2.05) is 18.2 Å². The van der Waals surface area contributed by atoms with Crippen molar-refractivity contribution in [2.45, 2.75) is 5.33 Å². The third-order valence-corrected chi connectivity index (χ3v) is 2.35. The fourth-order valence-corrected chi connectivity index (χ4v) is 1.58. The minimum absolute atomic E-state index is 0.804. The van der Waals surface area contributed by atoms with Crippen LogP contribution >= 0.6 is 31.9 Å². The molecule has 3 heteroatoms. The van der Waals surface area contributed by atoms with Gasteiger partial charge in [-0.05, 0) is 23.8 Å². The predicted molar refractivity (Wildman–Crippen MR) is 51.2 cm³/mol. The lowest BCUT2D eigenvalue weighted by Crippen LogP contribution is -1.90. The quantitative estimate of drug-likeness (QED) is 0.613. The molecule has 0 unspecified atom stereocenters. The highest BCUT2D eigenvalue weighted by atomic mass is 79.9. The van der Waals surface area contributed by atoms with Gasteiger partial charge in [-0.1, -0.05) is 31.9 Å². The van der Waals surface area contributed by atoms with Crippen LogP contribution in [0.2, 0.25) is 0 Å². The van der Waals surface area contributed by atoms with Gasteiger partial charge in [0, 0.05) is 15.5 Å². The lowest BCUT2D eigenvalue weighted by atomic mass is 10.2. The topological polar surface area (TPSA) is 26.0 Å². The standard InChI is InChI=1S/C7H7Br2N/c8-4-5-3-6(9)1-2-7(5)10/h1-3H,4,10H2. The van der Waals surface area contributed by atoms with Crippen molar-refractivity contribution in [2.75, 3.05) is 5.73 Å². The van der Waals surface area contributed by atoms with Crippen molar-refractivity contribution >= 4 is 37.5 Å². The van der Waals surface area contributed by atoms with Crippen LogP contribution in [0.4, 0.5) is 5.69 Å². The largest absolute Gasteiger partial charge is 0.398 e. The first-order valence-corrected chi connectivity index (χ1v) is 4.75. The van der Waals surface area contributed by atoms with Crippen LogP contribution in [0.5, 0.6) is 0 Å². The van der Waals surface area contributed by atoms with Crippen molar-refractivity contribution in [1.29, 1.82) is 0 Å². The third kappa shape index (κ3) is 1.73.